The first kappa shape index (κ1) is 17.8. The molecule has 3 fully saturated rings. The third-order valence-corrected chi connectivity index (χ3v) is 6.73. The van der Waals surface area contributed by atoms with Crippen molar-refractivity contribution >= 4 is 29.1 Å². The minimum Gasteiger partial charge on any atom is -0.494 e. The molecule has 6 rings (SSSR count). The van der Waals surface area contributed by atoms with E-state index in [1.54, 1.807) is 0 Å². The highest BCUT2D eigenvalue weighted by atomic mass is 16.6. The number of nitrogens with one attached hydrogen (secondary N) is 1. The summed E-state index contributed by atoms with van der Waals surface area (Å²) in [5, 5.41) is 13.5. The number of carbonyl (C=O) groups is 3. The summed E-state index contributed by atoms with van der Waals surface area (Å²) in [5.41, 5.74) is 0.0676. The molecule has 1 aliphatic heterocycles. The highest BCUT2D eigenvalue weighted by Crippen LogP contribution is 2.65. The Hall–Kier alpha value is -3.23. The molecule has 0 radical (unpaired) electrons. The Labute approximate surface area is 165 Å². The molecule has 1 heterocycles. The molecule has 1 saturated heterocycles. The molecule has 0 unspecified atom stereocenters. The molecule has 0 aromatic heterocycles. The molecule has 3 amide bonds. The predicted octanol–water partition coefficient (Wildman–Crippen LogP) is 1.59. The first-order valence-electron chi connectivity index (χ1n) is 9.56. The molecule has 29 heavy (non-hydrogen) atoms. The van der Waals surface area contributed by atoms with E-state index in [1.807, 2.05) is 0 Å². The highest BCUT2D eigenvalue weighted by molar-refractivity contribution is 6.09. The lowest BCUT2D eigenvalue weighted by molar-refractivity contribution is -0.384. The molecular weight excluding hydrogens is 378 g/mol. The fourth-order valence-electron chi connectivity index (χ4n) is 5.40. The van der Waals surface area contributed by atoms with Gasteiger partial charge >= 0.3 is 0 Å². The normalized spacial score (nSPS) is 33.3. The number of allylic oxidation sites excluding steroid dienone is 2. The average Bonchev–Trinajstić information content (AvgIpc) is 3.49. The van der Waals surface area contributed by atoms with E-state index in [0.29, 0.717) is 11.8 Å². The fraction of sp³-hybridized carbons (Fsp3) is 0.450. The smallest absolute Gasteiger partial charge is 0.273 e. The summed E-state index contributed by atoms with van der Waals surface area (Å²) in [6.45, 7) is -0.375. The number of methoxy groups -OCH3 is 1. The van der Waals surface area contributed by atoms with Crippen molar-refractivity contribution in [2.45, 2.75) is 6.42 Å². The van der Waals surface area contributed by atoms with Crippen LogP contribution in [0.3, 0.4) is 0 Å². The summed E-state index contributed by atoms with van der Waals surface area (Å²) in [7, 11) is 1.33. The van der Waals surface area contributed by atoms with Gasteiger partial charge in [0.25, 0.3) is 5.69 Å². The number of nitro groups is 1. The van der Waals surface area contributed by atoms with Gasteiger partial charge in [0.15, 0.2) is 0 Å². The molecule has 6 atom stereocenters. The Morgan fingerprint density at radius 1 is 1.21 bits per heavy atom. The summed E-state index contributed by atoms with van der Waals surface area (Å²) in [4.78, 5) is 49.8. The van der Waals surface area contributed by atoms with Crippen molar-refractivity contribution < 1.29 is 24.0 Å². The third-order valence-electron chi connectivity index (χ3n) is 6.73. The van der Waals surface area contributed by atoms with E-state index >= 15 is 0 Å². The number of nitrogens with zero attached hydrogens (tertiary/aromatic N) is 2. The van der Waals surface area contributed by atoms with Gasteiger partial charge in [0.2, 0.25) is 17.7 Å². The topological polar surface area (TPSA) is 119 Å². The summed E-state index contributed by atoms with van der Waals surface area (Å²) in [6.07, 6.45) is 5.24. The van der Waals surface area contributed by atoms with Crippen molar-refractivity contribution in [3.05, 3.63) is 40.5 Å². The number of ether oxygens (including phenoxy) is 1. The lowest BCUT2D eigenvalue weighted by atomic mass is 9.63. The summed E-state index contributed by atoms with van der Waals surface area (Å²) >= 11 is 0. The molecule has 1 aromatic carbocycles. The van der Waals surface area contributed by atoms with Crippen LogP contribution in [-0.2, 0) is 14.4 Å². The van der Waals surface area contributed by atoms with Gasteiger partial charge in [0.05, 0.1) is 35.6 Å². The molecule has 9 heteroatoms. The standard InChI is InChI=1S/C20H19N3O6/c1-29-15-6-9(23(27)28)2-5-14(15)21-16(24)8-22-19(25)17-10-3-4-11(13-7-12(10)13)18(17)20(22)26/h2-6,10-13,17-18H,7-8H2,1H3,(H,21,24)/t10-,11-,12-,13-,17+,18+/m0/s1. The van der Waals surface area contributed by atoms with E-state index in [0.717, 1.165) is 11.3 Å². The van der Waals surface area contributed by atoms with Crippen molar-refractivity contribution in [3.63, 3.8) is 0 Å². The van der Waals surface area contributed by atoms with Gasteiger partial charge in [-0.3, -0.25) is 29.4 Å². The predicted molar refractivity (Wildman–Crippen MR) is 99.7 cm³/mol. The molecule has 1 aromatic rings. The lowest BCUT2D eigenvalue weighted by Gasteiger charge is -2.37. The van der Waals surface area contributed by atoms with Crippen molar-refractivity contribution in [1.82, 2.24) is 4.90 Å². The Morgan fingerprint density at radius 3 is 2.38 bits per heavy atom. The quantitative estimate of drug-likeness (QED) is 0.349. The van der Waals surface area contributed by atoms with E-state index < -0.39 is 10.8 Å². The number of benzene rings is 1. The van der Waals surface area contributed by atoms with Gasteiger partial charge in [0, 0.05) is 6.07 Å². The Kier molecular flexibility index (Phi) is 3.77. The second kappa shape index (κ2) is 6.13. The molecule has 2 saturated carbocycles. The van der Waals surface area contributed by atoms with Gasteiger partial charge in [-0.2, -0.15) is 0 Å². The maximum Gasteiger partial charge on any atom is 0.273 e. The zero-order chi connectivity index (χ0) is 20.4. The van der Waals surface area contributed by atoms with Crippen LogP contribution in [0, 0.1) is 45.6 Å². The van der Waals surface area contributed by atoms with Crippen LogP contribution in [0.4, 0.5) is 11.4 Å². The number of hydrogen-bond acceptors (Lipinski definition) is 6. The van der Waals surface area contributed by atoms with Crippen LogP contribution >= 0.6 is 0 Å². The third kappa shape index (κ3) is 2.56. The first-order valence-corrected chi connectivity index (χ1v) is 9.56. The van der Waals surface area contributed by atoms with Crippen molar-refractivity contribution in [2.75, 3.05) is 19.0 Å². The van der Waals surface area contributed by atoms with Crippen molar-refractivity contribution in [2.24, 2.45) is 35.5 Å². The van der Waals surface area contributed by atoms with Gasteiger partial charge in [-0.15, -0.1) is 0 Å². The van der Waals surface area contributed by atoms with E-state index in [9.17, 15) is 24.5 Å². The molecule has 2 bridgehead atoms. The molecule has 4 aliphatic carbocycles. The Balaban J connectivity index is 1.32. The van der Waals surface area contributed by atoms with E-state index in [-0.39, 0.29) is 59.2 Å². The van der Waals surface area contributed by atoms with Gasteiger partial charge in [-0.1, -0.05) is 12.2 Å². The molecule has 5 aliphatic rings. The lowest BCUT2D eigenvalue weighted by Crippen LogP contribution is -2.40. The molecule has 150 valence electrons. The maximum atomic E-state index is 12.9. The monoisotopic (exact) mass is 397 g/mol. The number of non-ortho nitro benzene ring substituents is 1. The maximum absolute atomic E-state index is 12.9. The SMILES string of the molecule is COc1cc([N+](=O)[O-])ccc1NC(=O)CN1C(=O)[C@@H]2[C@H]3C=C[C@@H]([C@@H]4C[C@@H]34)[C@H]2C1=O. The number of amides is 3. The number of nitro benzene ring substituents is 1. The summed E-state index contributed by atoms with van der Waals surface area (Å²) < 4.78 is 5.10. The first-order chi connectivity index (χ1) is 13.9. The second-order valence-corrected chi connectivity index (χ2v) is 8.11. The molecule has 1 N–H and O–H groups in total. The van der Waals surface area contributed by atoms with Gasteiger partial charge in [-0.05, 0) is 36.2 Å². The number of anilines is 1. The minimum atomic E-state index is -0.565. The minimum absolute atomic E-state index is 0.106. The number of imide groups is 1. The molecule has 9 nitrogen and oxygen atoms in total. The van der Waals surface area contributed by atoms with Crippen LogP contribution in [0.25, 0.3) is 0 Å². The largest absolute Gasteiger partial charge is 0.494 e. The fourth-order valence-corrected chi connectivity index (χ4v) is 5.40. The summed E-state index contributed by atoms with van der Waals surface area (Å²) in [5.74, 6) is -0.437. The Morgan fingerprint density at radius 2 is 1.83 bits per heavy atom. The van der Waals surface area contributed by atoms with Crippen LogP contribution in [-0.4, -0.2) is 41.2 Å². The van der Waals surface area contributed by atoms with Crippen LogP contribution in [0.5, 0.6) is 5.75 Å². The summed E-state index contributed by atoms with van der Waals surface area (Å²) in [6, 6.07) is 3.81. The zero-order valence-corrected chi connectivity index (χ0v) is 15.6. The number of hydrogen-bond donors (Lipinski definition) is 1. The van der Waals surface area contributed by atoms with Crippen LogP contribution in [0.1, 0.15) is 6.42 Å². The van der Waals surface area contributed by atoms with Crippen molar-refractivity contribution in [1.29, 1.82) is 0 Å². The Bertz CT molecular complexity index is 952. The average molecular weight is 397 g/mol. The van der Waals surface area contributed by atoms with Crippen LogP contribution < -0.4 is 10.1 Å². The van der Waals surface area contributed by atoms with Crippen LogP contribution in [0.15, 0.2) is 30.4 Å². The second-order valence-electron chi connectivity index (χ2n) is 8.11. The van der Waals surface area contributed by atoms with E-state index in [4.69, 9.17) is 4.74 Å². The van der Waals surface area contributed by atoms with Gasteiger partial charge < -0.3 is 10.1 Å². The zero-order valence-electron chi connectivity index (χ0n) is 15.6. The van der Waals surface area contributed by atoms with Crippen molar-refractivity contribution in [3.8, 4) is 5.75 Å². The van der Waals surface area contributed by atoms with Gasteiger partial charge in [-0.25, -0.2) is 0 Å². The molecule has 0 spiro atoms. The van der Waals surface area contributed by atoms with E-state index in [2.05, 4.69) is 17.5 Å². The number of rotatable bonds is 5. The van der Waals surface area contributed by atoms with E-state index in [1.165, 1.54) is 25.3 Å². The molecular formula is C20H19N3O6. The van der Waals surface area contributed by atoms with Gasteiger partial charge in [0.1, 0.15) is 12.3 Å². The number of carbonyl (C=O) groups excluding carboxylic acids is 3. The highest BCUT2D eigenvalue weighted by Gasteiger charge is 2.67. The number of likely N-dealkylation sites (tertiary alicyclic amines) is 1. The van der Waals surface area contributed by atoms with Crippen LogP contribution in [0.2, 0.25) is 0 Å².